The highest BCUT2D eigenvalue weighted by Crippen LogP contribution is 2.28. The summed E-state index contributed by atoms with van der Waals surface area (Å²) in [5.74, 6) is 3.31. The summed E-state index contributed by atoms with van der Waals surface area (Å²) in [4.78, 5) is 4.78. The van der Waals surface area contributed by atoms with Crippen molar-refractivity contribution in [2.45, 2.75) is 45.1 Å². The van der Waals surface area contributed by atoms with E-state index in [0.717, 1.165) is 74.3 Å². The second-order valence-electron chi connectivity index (χ2n) is 7.69. The van der Waals surface area contributed by atoms with Gasteiger partial charge in [-0.25, -0.2) is 0 Å². The van der Waals surface area contributed by atoms with Crippen LogP contribution in [0, 0.1) is 6.92 Å². The molecule has 3 aromatic rings. The molecule has 142 valence electrons. The number of aromatic nitrogens is 5. The number of nitrogens with zero attached hydrogens (tertiary/aromatic N) is 7. The van der Waals surface area contributed by atoms with Crippen molar-refractivity contribution in [1.29, 1.82) is 0 Å². The summed E-state index contributed by atoms with van der Waals surface area (Å²) in [5.41, 5.74) is 1.85. The summed E-state index contributed by atoms with van der Waals surface area (Å²) in [7, 11) is 0. The molecule has 0 unspecified atom stereocenters. The molecule has 0 amide bonds. The normalized spacial score (nSPS) is 19.4. The van der Waals surface area contributed by atoms with E-state index in [1.165, 1.54) is 12.8 Å². The third-order valence-corrected chi connectivity index (χ3v) is 5.72. The topological polar surface area (TPSA) is 75.6 Å². The molecule has 0 aromatic carbocycles. The minimum Gasteiger partial charge on any atom is -0.361 e. The van der Waals surface area contributed by atoms with Crippen molar-refractivity contribution in [2.24, 2.45) is 0 Å². The quantitative estimate of drug-likeness (QED) is 0.701. The van der Waals surface area contributed by atoms with Crippen LogP contribution in [-0.2, 0) is 6.54 Å². The van der Waals surface area contributed by atoms with E-state index in [1.807, 2.05) is 23.6 Å². The number of rotatable bonds is 4. The molecule has 3 aromatic heterocycles. The molecule has 0 radical (unpaired) electrons. The number of anilines is 1. The van der Waals surface area contributed by atoms with Gasteiger partial charge in [0.15, 0.2) is 11.5 Å². The number of likely N-dealkylation sites (tertiary alicyclic amines) is 1. The number of hydrogen-bond donors (Lipinski definition) is 0. The van der Waals surface area contributed by atoms with Gasteiger partial charge >= 0.3 is 0 Å². The average molecular weight is 367 g/mol. The monoisotopic (exact) mass is 367 g/mol. The predicted octanol–water partition coefficient (Wildman–Crippen LogP) is 2.40. The van der Waals surface area contributed by atoms with Crippen molar-refractivity contribution in [3.63, 3.8) is 0 Å². The molecule has 0 saturated carbocycles. The fourth-order valence-corrected chi connectivity index (χ4v) is 4.24. The molecule has 8 nitrogen and oxygen atoms in total. The fourth-order valence-electron chi connectivity index (χ4n) is 4.24. The zero-order valence-electron chi connectivity index (χ0n) is 15.7. The highest BCUT2D eigenvalue weighted by atomic mass is 16.5. The summed E-state index contributed by atoms with van der Waals surface area (Å²) < 4.78 is 7.14. The molecule has 0 spiro atoms. The van der Waals surface area contributed by atoms with Crippen LogP contribution in [0.25, 0.3) is 5.65 Å². The molecule has 0 atom stereocenters. The molecule has 8 heteroatoms. The summed E-state index contributed by atoms with van der Waals surface area (Å²) in [6, 6.07) is 6.13. The van der Waals surface area contributed by atoms with E-state index in [-0.39, 0.29) is 0 Å². The Morgan fingerprint density at radius 2 is 1.89 bits per heavy atom. The molecule has 0 bridgehead atoms. The van der Waals surface area contributed by atoms with Gasteiger partial charge in [-0.05, 0) is 57.8 Å². The first-order valence-corrected chi connectivity index (χ1v) is 9.88. The molecular formula is C19H25N7O. The predicted molar refractivity (Wildman–Crippen MR) is 101 cm³/mol. The van der Waals surface area contributed by atoms with E-state index >= 15 is 0 Å². The van der Waals surface area contributed by atoms with E-state index in [0.29, 0.717) is 5.92 Å². The van der Waals surface area contributed by atoms with Gasteiger partial charge in [-0.3, -0.25) is 4.90 Å². The first-order valence-electron chi connectivity index (χ1n) is 9.88. The molecule has 2 aliphatic heterocycles. The molecule has 0 aliphatic carbocycles. The van der Waals surface area contributed by atoms with Crippen LogP contribution in [-0.4, -0.2) is 56.0 Å². The van der Waals surface area contributed by atoms with Crippen LogP contribution in [0.5, 0.6) is 0 Å². The Labute approximate surface area is 158 Å². The van der Waals surface area contributed by atoms with Gasteiger partial charge in [0, 0.05) is 31.6 Å². The highest BCUT2D eigenvalue weighted by Gasteiger charge is 2.26. The third-order valence-electron chi connectivity index (χ3n) is 5.72. The van der Waals surface area contributed by atoms with Gasteiger partial charge in [-0.15, -0.1) is 15.3 Å². The van der Waals surface area contributed by atoms with Crippen molar-refractivity contribution < 1.29 is 4.52 Å². The molecule has 2 saturated heterocycles. The molecule has 5 heterocycles. The number of aryl methyl sites for hydroxylation is 1. The number of hydrogen-bond acceptors (Lipinski definition) is 7. The Balaban J connectivity index is 1.30. The standard InChI is InChI=1S/C19H25N7O/c1-14-12-16(23-27-14)13-24-10-6-15(7-11-24)19-21-20-17-4-5-18(22-26(17)19)25-8-2-3-9-25/h4-5,12,15H,2-3,6-11,13H2,1H3. The van der Waals surface area contributed by atoms with Crippen LogP contribution >= 0.6 is 0 Å². The third kappa shape index (κ3) is 3.29. The summed E-state index contributed by atoms with van der Waals surface area (Å²) in [5, 5.41) is 17.8. The van der Waals surface area contributed by atoms with Gasteiger partial charge in [0.1, 0.15) is 11.6 Å². The van der Waals surface area contributed by atoms with Crippen LogP contribution in [0.15, 0.2) is 22.7 Å². The first-order chi connectivity index (χ1) is 13.3. The lowest BCUT2D eigenvalue weighted by atomic mass is 9.96. The Morgan fingerprint density at radius 1 is 1.07 bits per heavy atom. The smallest absolute Gasteiger partial charge is 0.178 e. The van der Waals surface area contributed by atoms with Gasteiger partial charge in [0.25, 0.3) is 0 Å². The zero-order valence-corrected chi connectivity index (χ0v) is 15.7. The van der Waals surface area contributed by atoms with Gasteiger partial charge in [0.2, 0.25) is 0 Å². The highest BCUT2D eigenvalue weighted by molar-refractivity contribution is 5.46. The van der Waals surface area contributed by atoms with Crippen LogP contribution in [0.4, 0.5) is 5.82 Å². The van der Waals surface area contributed by atoms with E-state index in [1.54, 1.807) is 0 Å². The van der Waals surface area contributed by atoms with Crippen LogP contribution in [0.2, 0.25) is 0 Å². The van der Waals surface area contributed by atoms with Gasteiger partial charge in [-0.1, -0.05) is 5.16 Å². The lowest BCUT2D eigenvalue weighted by Crippen LogP contribution is -2.33. The van der Waals surface area contributed by atoms with Gasteiger partial charge < -0.3 is 9.42 Å². The maximum Gasteiger partial charge on any atom is 0.178 e. The first kappa shape index (κ1) is 16.7. The molecule has 27 heavy (non-hydrogen) atoms. The average Bonchev–Trinajstić information content (AvgIpc) is 3.43. The molecule has 0 N–H and O–H groups in total. The van der Waals surface area contributed by atoms with Crippen molar-refractivity contribution in [2.75, 3.05) is 31.1 Å². The minimum absolute atomic E-state index is 0.400. The van der Waals surface area contributed by atoms with Gasteiger partial charge in [-0.2, -0.15) is 4.52 Å². The molecule has 5 rings (SSSR count). The summed E-state index contributed by atoms with van der Waals surface area (Å²) >= 11 is 0. The Kier molecular flexibility index (Phi) is 4.27. The number of fused-ring (bicyclic) bond motifs is 1. The Morgan fingerprint density at radius 3 is 2.63 bits per heavy atom. The Hall–Kier alpha value is -2.48. The van der Waals surface area contributed by atoms with E-state index in [4.69, 9.17) is 9.62 Å². The minimum atomic E-state index is 0.400. The van der Waals surface area contributed by atoms with E-state index in [9.17, 15) is 0 Å². The van der Waals surface area contributed by atoms with Crippen LogP contribution in [0.1, 0.15) is 48.9 Å². The molecule has 2 aliphatic rings. The largest absolute Gasteiger partial charge is 0.361 e. The van der Waals surface area contributed by atoms with Crippen molar-refractivity contribution in [3.05, 3.63) is 35.5 Å². The fraction of sp³-hybridized carbons (Fsp3) is 0.579. The summed E-state index contributed by atoms with van der Waals surface area (Å²) in [6.45, 7) is 7.02. The van der Waals surface area contributed by atoms with Crippen LogP contribution in [0.3, 0.4) is 0 Å². The lowest BCUT2D eigenvalue weighted by molar-refractivity contribution is 0.196. The molecular weight excluding hydrogens is 342 g/mol. The van der Waals surface area contributed by atoms with E-state index < -0.39 is 0 Å². The Bertz CT molecular complexity index is 919. The zero-order chi connectivity index (χ0) is 18.2. The van der Waals surface area contributed by atoms with Crippen molar-refractivity contribution >= 4 is 11.5 Å². The number of piperidine rings is 1. The lowest BCUT2D eigenvalue weighted by Gasteiger charge is -2.30. The van der Waals surface area contributed by atoms with E-state index in [2.05, 4.69) is 31.2 Å². The van der Waals surface area contributed by atoms with Gasteiger partial charge in [0.05, 0.1) is 5.69 Å². The summed E-state index contributed by atoms with van der Waals surface area (Å²) in [6.07, 6.45) is 4.62. The van der Waals surface area contributed by atoms with Crippen molar-refractivity contribution in [1.82, 2.24) is 29.9 Å². The van der Waals surface area contributed by atoms with Crippen LogP contribution < -0.4 is 4.90 Å². The SMILES string of the molecule is Cc1cc(CN2CCC(c3nnc4ccc(N5CCCC5)nn34)CC2)no1. The second-order valence-corrected chi connectivity index (χ2v) is 7.69. The maximum absolute atomic E-state index is 5.18. The van der Waals surface area contributed by atoms with Crippen molar-refractivity contribution in [3.8, 4) is 0 Å². The maximum atomic E-state index is 5.18. The molecule has 2 fully saturated rings. The second kappa shape index (κ2) is 6.92.